The van der Waals surface area contributed by atoms with Gasteiger partial charge in [-0.2, -0.15) is 0 Å². The quantitative estimate of drug-likeness (QED) is 0.286. The van der Waals surface area contributed by atoms with Crippen LogP contribution < -0.4 is 10.1 Å². The summed E-state index contributed by atoms with van der Waals surface area (Å²) in [6, 6.07) is 20.4. The van der Waals surface area contributed by atoms with Gasteiger partial charge in [-0.3, -0.25) is 9.78 Å². The van der Waals surface area contributed by atoms with Crippen LogP contribution >= 0.6 is 0 Å². The van der Waals surface area contributed by atoms with Gasteiger partial charge in [-0.05, 0) is 59.5 Å². The number of fused-ring (bicyclic) bond motifs is 2. The number of aryl methyl sites for hydroxylation is 1. The van der Waals surface area contributed by atoms with Crippen LogP contribution in [-0.2, 0) is 11.3 Å². The molecule has 5 nitrogen and oxygen atoms in total. The van der Waals surface area contributed by atoms with Gasteiger partial charge in [-0.1, -0.05) is 42.5 Å². The fourth-order valence-electron chi connectivity index (χ4n) is 4.56. The predicted octanol–water partition coefficient (Wildman–Crippen LogP) is 6.68. The average molecular weight is 463 g/mol. The molecule has 3 aromatic carbocycles. The number of furan rings is 1. The van der Waals surface area contributed by atoms with Crippen molar-refractivity contribution in [3.05, 3.63) is 102 Å². The number of carbonyl (C=O) groups excluding carboxylic acids is 1. The van der Waals surface area contributed by atoms with E-state index in [1.54, 1.807) is 25.6 Å². The van der Waals surface area contributed by atoms with Crippen LogP contribution in [0, 0.1) is 6.92 Å². The van der Waals surface area contributed by atoms with Crippen LogP contribution in [0.25, 0.3) is 38.4 Å². The summed E-state index contributed by atoms with van der Waals surface area (Å²) in [6.07, 6.45) is 6.85. The van der Waals surface area contributed by atoms with Crippen molar-refractivity contribution in [2.24, 2.45) is 0 Å². The molecule has 35 heavy (non-hydrogen) atoms. The van der Waals surface area contributed by atoms with Crippen LogP contribution in [0.2, 0.25) is 0 Å². The largest absolute Gasteiger partial charge is 0.496 e. The first-order chi connectivity index (χ1) is 17.1. The fourth-order valence-corrected chi connectivity index (χ4v) is 4.56. The molecule has 5 aromatic rings. The molecule has 5 heteroatoms. The Kier molecular flexibility index (Phi) is 6.06. The molecule has 0 aliphatic carbocycles. The second-order valence-electron chi connectivity index (χ2n) is 8.54. The first-order valence-corrected chi connectivity index (χ1v) is 11.5. The molecule has 0 spiro atoms. The molecule has 1 N–H and O–H groups in total. The van der Waals surface area contributed by atoms with Crippen molar-refractivity contribution in [1.82, 2.24) is 10.3 Å². The summed E-state index contributed by atoms with van der Waals surface area (Å²) in [6.45, 7) is 4.35. The number of amides is 1. The highest BCUT2D eigenvalue weighted by atomic mass is 16.5. The Balaban J connectivity index is 1.56. The number of rotatable bonds is 6. The number of allylic oxidation sites excluding steroid dienone is 1. The van der Waals surface area contributed by atoms with E-state index in [1.807, 2.05) is 44.4 Å². The maximum absolute atomic E-state index is 12.7. The van der Waals surface area contributed by atoms with Crippen molar-refractivity contribution in [1.29, 1.82) is 0 Å². The Morgan fingerprint density at radius 3 is 2.60 bits per heavy atom. The number of ether oxygens (including phenoxy) is 1. The molecular formula is C30H26N2O3. The van der Waals surface area contributed by atoms with E-state index in [0.29, 0.717) is 12.3 Å². The van der Waals surface area contributed by atoms with E-state index in [-0.39, 0.29) is 5.91 Å². The summed E-state index contributed by atoms with van der Waals surface area (Å²) in [5, 5.41) is 6.26. The Bertz CT molecular complexity index is 1560. The lowest BCUT2D eigenvalue weighted by Crippen LogP contribution is -2.20. The summed E-state index contributed by atoms with van der Waals surface area (Å²) < 4.78 is 11.8. The summed E-state index contributed by atoms with van der Waals surface area (Å²) in [5.41, 5.74) is 6.46. The van der Waals surface area contributed by atoms with E-state index < -0.39 is 0 Å². The number of pyridine rings is 1. The number of benzene rings is 3. The first kappa shape index (κ1) is 22.4. The van der Waals surface area contributed by atoms with Gasteiger partial charge in [0.1, 0.15) is 11.3 Å². The van der Waals surface area contributed by atoms with Crippen LogP contribution in [0.1, 0.15) is 23.6 Å². The third-order valence-corrected chi connectivity index (χ3v) is 6.32. The molecule has 0 saturated carbocycles. The second-order valence-corrected chi connectivity index (χ2v) is 8.54. The first-order valence-electron chi connectivity index (χ1n) is 11.5. The van der Waals surface area contributed by atoms with Gasteiger partial charge in [-0.25, -0.2) is 0 Å². The lowest BCUT2D eigenvalue weighted by Gasteiger charge is -2.14. The van der Waals surface area contributed by atoms with Crippen molar-refractivity contribution in [2.45, 2.75) is 20.4 Å². The van der Waals surface area contributed by atoms with Gasteiger partial charge in [0.25, 0.3) is 0 Å². The van der Waals surface area contributed by atoms with Crippen molar-refractivity contribution in [3.63, 3.8) is 0 Å². The minimum Gasteiger partial charge on any atom is -0.496 e. The molecule has 0 fully saturated rings. The van der Waals surface area contributed by atoms with Gasteiger partial charge in [0.15, 0.2) is 0 Å². The molecule has 0 bridgehead atoms. The van der Waals surface area contributed by atoms with Gasteiger partial charge in [0, 0.05) is 47.1 Å². The van der Waals surface area contributed by atoms with Crippen LogP contribution in [0.3, 0.4) is 0 Å². The molecule has 0 aliphatic rings. The zero-order valence-electron chi connectivity index (χ0n) is 20.0. The number of carbonyl (C=O) groups is 1. The zero-order valence-corrected chi connectivity index (χ0v) is 20.0. The molecule has 1 amide bonds. The molecular weight excluding hydrogens is 436 g/mol. The zero-order chi connectivity index (χ0) is 24.4. The Hall–Kier alpha value is -4.38. The van der Waals surface area contributed by atoms with E-state index in [0.717, 1.165) is 49.7 Å². The molecule has 0 radical (unpaired) electrons. The number of nitrogens with one attached hydrogen (secondary N) is 1. The van der Waals surface area contributed by atoms with Crippen LogP contribution in [0.5, 0.6) is 5.75 Å². The monoisotopic (exact) mass is 462 g/mol. The second kappa shape index (κ2) is 9.47. The SMILES string of the molecule is COc1c(/C(C)=C/C(=O)NCc2ccncc2)cc2c(-c3cccc4ccccc34)coc2c1C. The van der Waals surface area contributed by atoms with E-state index >= 15 is 0 Å². The molecule has 0 unspecified atom stereocenters. The summed E-state index contributed by atoms with van der Waals surface area (Å²) in [4.78, 5) is 16.7. The molecule has 5 rings (SSSR count). The van der Waals surface area contributed by atoms with Crippen LogP contribution in [-0.4, -0.2) is 18.0 Å². The minimum absolute atomic E-state index is 0.166. The standard InChI is InChI=1S/C30H26N2O3/c1-19(15-28(33)32-17-21-11-13-31-14-12-21)25-16-26-27(18-35-30(26)20(2)29(25)34-3)24-10-6-8-22-7-4-5-9-23(22)24/h4-16,18H,17H2,1-3H3,(H,32,33)/b19-15+. The topological polar surface area (TPSA) is 64.4 Å². The minimum atomic E-state index is -0.166. The summed E-state index contributed by atoms with van der Waals surface area (Å²) in [5.74, 6) is 0.535. The normalized spacial score (nSPS) is 11.7. The highest BCUT2D eigenvalue weighted by molar-refractivity contribution is 6.07. The smallest absolute Gasteiger partial charge is 0.244 e. The number of methoxy groups -OCH3 is 1. The van der Waals surface area contributed by atoms with E-state index in [9.17, 15) is 4.79 Å². The van der Waals surface area contributed by atoms with Gasteiger partial charge in [-0.15, -0.1) is 0 Å². The van der Waals surface area contributed by atoms with Crippen molar-refractivity contribution in [2.75, 3.05) is 7.11 Å². The number of aromatic nitrogens is 1. The van der Waals surface area contributed by atoms with Crippen LogP contribution in [0.15, 0.2) is 89.8 Å². The molecule has 0 atom stereocenters. The van der Waals surface area contributed by atoms with Crippen molar-refractivity contribution >= 4 is 33.2 Å². The lowest BCUT2D eigenvalue weighted by atomic mass is 9.94. The third kappa shape index (κ3) is 4.28. The average Bonchev–Trinajstić information content (AvgIpc) is 3.32. The Morgan fingerprint density at radius 1 is 1.03 bits per heavy atom. The summed E-state index contributed by atoms with van der Waals surface area (Å²) in [7, 11) is 1.64. The molecule has 2 aromatic heterocycles. The maximum atomic E-state index is 12.7. The van der Waals surface area contributed by atoms with Gasteiger partial charge in [0.2, 0.25) is 5.91 Å². The molecule has 174 valence electrons. The molecule has 0 aliphatic heterocycles. The van der Waals surface area contributed by atoms with Crippen molar-refractivity contribution < 1.29 is 13.9 Å². The fraction of sp³-hybridized carbons (Fsp3) is 0.133. The number of nitrogens with zero attached hydrogens (tertiary/aromatic N) is 1. The Labute approximate surface area is 204 Å². The van der Waals surface area contributed by atoms with E-state index in [2.05, 4.69) is 46.7 Å². The third-order valence-electron chi connectivity index (χ3n) is 6.32. The van der Waals surface area contributed by atoms with E-state index in [1.165, 1.54) is 5.39 Å². The Morgan fingerprint density at radius 2 is 1.80 bits per heavy atom. The lowest BCUT2D eigenvalue weighted by molar-refractivity contribution is -0.116. The maximum Gasteiger partial charge on any atom is 0.244 e. The number of hydrogen-bond acceptors (Lipinski definition) is 4. The van der Waals surface area contributed by atoms with E-state index in [4.69, 9.17) is 9.15 Å². The predicted molar refractivity (Wildman–Crippen MR) is 140 cm³/mol. The van der Waals surface area contributed by atoms with Gasteiger partial charge >= 0.3 is 0 Å². The number of hydrogen-bond donors (Lipinski definition) is 1. The molecule has 0 saturated heterocycles. The summed E-state index contributed by atoms with van der Waals surface area (Å²) >= 11 is 0. The highest BCUT2D eigenvalue weighted by Crippen LogP contribution is 2.42. The van der Waals surface area contributed by atoms with Gasteiger partial charge in [0.05, 0.1) is 13.4 Å². The van der Waals surface area contributed by atoms with Gasteiger partial charge < -0.3 is 14.5 Å². The molecule has 2 heterocycles. The highest BCUT2D eigenvalue weighted by Gasteiger charge is 2.19. The van der Waals surface area contributed by atoms with Crippen molar-refractivity contribution in [3.8, 4) is 16.9 Å². The van der Waals surface area contributed by atoms with Crippen LogP contribution in [0.4, 0.5) is 0 Å².